The van der Waals surface area contributed by atoms with E-state index in [0.717, 1.165) is 0 Å². The molecule has 0 atom stereocenters. The molecule has 0 aromatic carbocycles. The molecule has 0 fully saturated rings. The summed E-state index contributed by atoms with van der Waals surface area (Å²) in [5.41, 5.74) is 5.00. The standard InChI is InChI=1S/C11H17N3O2/c1-3-11(12,4-2)10(16)14-9-8(15)6-5-7-13-9/h5-7,15H,3-4,12H2,1-2H3,(H,13,14,16). The highest BCUT2D eigenvalue weighted by Gasteiger charge is 2.30. The molecule has 0 saturated carbocycles. The molecule has 88 valence electrons. The average Bonchev–Trinajstić information content (AvgIpc) is 2.31. The molecular weight excluding hydrogens is 206 g/mol. The van der Waals surface area contributed by atoms with E-state index in [2.05, 4.69) is 10.3 Å². The van der Waals surface area contributed by atoms with Crippen LogP contribution in [0.15, 0.2) is 18.3 Å². The Morgan fingerprint density at radius 1 is 1.56 bits per heavy atom. The van der Waals surface area contributed by atoms with Crippen molar-refractivity contribution in [2.24, 2.45) is 5.73 Å². The van der Waals surface area contributed by atoms with Crippen molar-refractivity contribution in [3.63, 3.8) is 0 Å². The van der Waals surface area contributed by atoms with Crippen LogP contribution in [0.3, 0.4) is 0 Å². The molecule has 0 aliphatic carbocycles. The molecule has 0 saturated heterocycles. The fraction of sp³-hybridized carbons (Fsp3) is 0.455. The van der Waals surface area contributed by atoms with Gasteiger partial charge in [0.25, 0.3) is 0 Å². The highest BCUT2D eigenvalue weighted by Crippen LogP contribution is 2.21. The van der Waals surface area contributed by atoms with E-state index in [0.29, 0.717) is 12.8 Å². The fourth-order valence-electron chi connectivity index (χ4n) is 1.30. The summed E-state index contributed by atoms with van der Waals surface area (Å²) >= 11 is 0. The normalized spacial score (nSPS) is 11.2. The first kappa shape index (κ1) is 12.4. The van der Waals surface area contributed by atoms with E-state index < -0.39 is 5.54 Å². The van der Waals surface area contributed by atoms with E-state index in [1.54, 1.807) is 6.07 Å². The van der Waals surface area contributed by atoms with Gasteiger partial charge in [-0.25, -0.2) is 4.98 Å². The largest absolute Gasteiger partial charge is 0.504 e. The molecule has 1 amide bonds. The monoisotopic (exact) mass is 223 g/mol. The Morgan fingerprint density at radius 3 is 2.69 bits per heavy atom. The van der Waals surface area contributed by atoms with Crippen LogP contribution in [0.4, 0.5) is 5.82 Å². The molecule has 1 rings (SSSR count). The highest BCUT2D eigenvalue weighted by atomic mass is 16.3. The van der Waals surface area contributed by atoms with Gasteiger partial charge in [0.15, 0.2) is 11.6 Å². The molecule has 1 aromatic heterocycles. The minimum atomic E-state index is -0.913. The number of hydrogen-bond donors (Lipinski definition) is 3. The summed E-state index contributed by atoms with van der Waals surface area (Å²) in [6.45, 7) is 3.70. The lowest BCUT2D eigenvalue weighted by atomic mass is 9.93. The van der Waals surface area contributed by atoms with Gasteiger partial charge in [-0.05, 0) is 25.0 Å². The minimum absolute atomic E-state index is 0.0644. The summed E-state index contributed by atoms with van der Waals surface area (Å²) < 4.78 is 0. The number of nitrogens with one attached hydrogen (secondary N) is 1. The van der Waals surface area contributed by atoms with Crippen LogP contribution in [0.25, 0.3) is 0 Å². The summed E-state index contributed by atoms with van der Waals surface area (Å²) in [4.78, 5) is 15.7. The zero-order valence-electron chi connectivity index (χ0n) is 9.53. The van der Waals surface area contributed by atoms with Crippen molar-refractivity contribution in [1.82, 2.24) is 4.98 Å². The lowest BCUT2D eigenvalue weighted by Crippen LogP contribution is -2.50. The first-order chi connectivity index (χ1) is 7.53. The first-order valence-corrected chi connectivity index (χ1v) is 5.27. The third kappa shape index (κ3) is 2.49. The van der Waals surface area contributed by atoms with E-state index in [-0.39, 0.29) is 17.5 Å². The molecule has 16 heavy (non-hydrogen) atoms. The van der Waals surface area contributed by atoms with Crippen LogP contribution in [0.1, 0.15) is 26.7 Å². The molecule has 4 N–H and O–H groups in total. The van der Waals surface area contributed by atoms with Crippen molar-refractivity contribution in [2.45, 2.75) is 32.2 Å². The number of carbonyl (C=O) groups is 1. The van der Waals surface area contributed by atoms with E-state index in [1.807, 2.05) is 13.8 Å². The number of pyridine rings is 1. The van der Waals surface area contributed by atoms with E-state index in [4.69, 9.17) is 5.73 Å². The van der Waals surface area contributed by atoms with E-state index >= 15 is 0 Å². The second-order valence-corrected chi connectivity index (χ2v) is 3.69. The van der Waals surface area contributed by atoms with Crippen molar-refractivity contribution in [3.8, 4) is 5.75 Å². The van der Waals surface area contributed by atoms with Gasteiger partial charge in [0.1, 0.15) is 0 Å². The topological polar surface area (TPSA) is 88.2 Å². The summed E-state index contributed by atoms with van der Waals surface area (Å²) in [7, 11) is 0. The van der Waals surface area contributed by atoms with Crippen molar-refractivity contribution < 1.29 is 9.90 Å². The SMILES string of the molecule is CCC(N)(CC)C(=O)Nc1ncccc1O. The number of hydrogen-bond acceptors (Lipinski definition) is 4. The van der Waals surface area contributed by atoms with Gasteiger partial charge >= 0.3 is 0 Å². The summed E-state index contributed by atoms with van der Waals surface area (Å²) in [6.07, 6.45) is 2.55. The second kappa shape index (κ2) is 4.94. The molecule has 5 nitrogen and oxygen atoms in total. The number of rotatable bonds is 4. The maximum absolute atomic E-state index is 11.9. The molecule has 0 unspecified atom stereocenters. The Morgan fingerprint density at radius 2 is 2.19 bits per heavy atom. The first-order valence-electron chi connectivity index (χ1n) is 5.27. The predicted molar refractivity (Wildman–Crippen MR) is 62.0 cm³/mol. The van der Waals surface area contributed by atoms with Crippen molar-refractivity contribution in [1.29, 1.82) is 0 Å². The zero-order valence-corrected chi connectivity index (χ0v) is 9.53. The summed E-state index contributed by atoms with van der Waals surface area (Å²) in [6, 6.07) is 3.04. The van der Waals surface area contributed by atoms with Crippen LogP contribution in [0.2, 0.25) is 0 Å². The molecule has 0 radical (unpaired) electrons. The molecule has 5 heteroatoms. The van der Waals surface area contributed by atoms with Gasteiger partial charge < -0.3 is 16.2 Å². The number of aromatic hydroxyl groups is 1. The Hall–Kier alpha value is -1.62. The van der Waals surface area contributed by atoms with Crippen molar-refractivity contribution in [3.05, 3.63) is 18.3 Å². The number of nitrogens with two attached hydrogens (primary N) is 1. The smallest absolute Gasteiger partial charge is 0.245 e. The maximum Gasteiger partial charge on any atom is 0.245 e. The molecule has 0 bridgehead atoms. The Balaban J connectivity index is 2.83. The summed E-state index contributed by atoms with van der Waals surface area (Å²) in [5, 5.41) is 12.0. The number of anilines is 1. The van der Waals surface area contributed by atoms with Gasteiger partial charge in [-0.1, -0.05) is 13.8 Å². The van der Waals surface area contributed by atoms with Gasteiger partial charge in [-0.2, -0.15) is 0 Å². The predicted octanol–water partition coefficient (Wildman–Crippen LogP) is 1.24. The van der Waals surface area contributed by atoms with Crippen LogP contribution in [0.5, 0.6) is 5.75 Å². The zero-order chi connectivity index (χ0) is 12.2. The lowest BCUT2D eigenvalue weighted by molar-refractivity contribution is -0.121. The Labute approximate surface area is 94.7 Å². The Bertz CT molecular complexity index is 375. The molecule has 1 heterocycles. The van der Waals surface area contributed by atoms with E-state index in [9.17, 15) is 9.90 Å². The van der Waals surface area contributed by atoms with Crippen molar-refractivity contribution in [2.75, 3.05) is 5.32 Å². The van der Waals surface area contributed by atoms with Gasteiger partial charge in [-0.3, -0.25) is 4.79 Å². The van der Waals surface area contributed by atoms with Gasteiger partial charge in [0.2, 0.25) is 5.91 Å². The third-order valence-corrected chi connectivity index (χ3v) is 2.73. The number of nitrogens with zero attached hydrogens (tertiary/aromatic N) is 1. The van der Waals surface area contributed by atoms with Crippen LogP contribution < -0.4 is 11.1 Å². The molecule has 0 aliphatic heterocycles. The molecule has 0 aliphatic rings. The third-order valence-electron chi connectivity index (χ3n) is 2.73. The van der Waals surface area contributed by atoms with E-state index in [1.165, 1.54) is 12.3 Å². The van der Waals surface area contributed by atoms with Gasteiger partial charge in [0, 0.05) is 6.20 Å². The fourth-order valence-corrected chi connectivity index (χ4v) is 1.30. The summed E-state index contributed by atoms with van der Waals surface area (Å²) in [5.74, 6) is -0.249. The quantitative estimate of drug-likeness (QED) is 0.716. The average molecular weight is 223 g/mol. The van der Waals surface area contributed by atoms with Gasteiger partial charge in [0.05, 0.1) is 5.54 Å². The highest BCUT2D eigenvalue weighted by molar-refractivity contribution is 5.98. The Kier molecular flexibility index (Phi) is 3.84. The van der Waals surface area contributed by atoms with Crippen LogP contribution in [-0.4, -0.2) is 21.5 Å². The number of carbonyl (C=O) groups excluding carboxylic acids is 1. The maximum atomic E-state index is 11.9. The molecule has 0 spiro atoms. The molecular formula is C11H17N3O2. The lowest BCUT2D eigenvalue weighted by Gasteiger charge is -2.24. The number of aromatic nitrogens is 1. The molecule has 1 aromatic rings. The van der Waals surface area contributed by atoms with Crippen LogP contribution in [-0.2, 0) is 4.79 Å². The number of amides is 1. The minimum Gasteiger partial charge on any atom is -0.504 e. The van der Waals surface area contributed by atoms with Crippen LogP contribution in [0, 0.1) is 0 Å². The van der Waals surface area contributed by atoms with Crippen molar-refractivity contribution >= 4 is 11.7 Å². The van der Waals surface area contributed by atoms with Crippen LogP contribution >= 0.6 is 0 Å². The van der Waals surface area contributed by atoms with Gasteiger partial charge in [-0.15, -0.1) is 0 Å². The second-order valence-electron chi connectivity index (χ2n) is 3.69.